The van der Waals surface area contributed by atoms with Crippen LogP contribution in [0.4, 0.5) is 0 Å². The van der Waals surface area contributed by atoms with Crippen molar-refractivity contribution >= 4 is 21.7 Å². The largest absolute Gasteiger partial charge is 0.480 e. The van der Waals surface area contributed by atoms with Crippen LogP contribution in [0.5, 0.6) is 0 Å². The Morgan fingerprint density at radius 2 is 1.67 bits per heavy atom. The summed E-state index contributed by atoms with van der Waals surface area (Å²) in [5.74, 6) is -3.23. The zero-order valence-corrected chi connectivity index (χ0v) is 12.0. The topological polar surface area (TPSA) is 101 Å². The van der Waals surface area contributed by atoms with Gasteiger partial charge in [-0.15, -0.1) is 0 Å². The highest BCUT2D eigenvalue weighted by atomic mass is 32.2. The van der Waals surface area contributed by atoms with Gasteiger partial charge in [0.05, 0.1) is 0 Å². The van der Waals surface area contributed by atoms with Crippen LogP contribution in [0.15, 0.2) is 0 Å². The fourth-order valence-corrected chi connectivity index (χ4v) is 3.28. The molecule has 0 aliphatic rings. The molecule has 0 aliphatic carbocycles. The van der Waals surface area contributed by atoms with E-state index >= 15 is 0 Å². The van der Waals surface area contributed by atoms with E-state index in [0.717, 1.165) is 0 Å². The minimum Gasteiger partial charge on any atom is -0.480 e. The van der Waals surface area contributed by atoms with Crippen LogP contribution in [0.3, 0.4) is 0 Å². The van der Waals surface area contributed by atoms with Crippen molar-refractivity contribution in [3.05, 3.63) is 0 Å². The van der Waals surface area contributed by atoms with E-state index in [9.17, 15) is 18.0 Å². The van der Waals surface area contributed by atoms with Crippen LogP contribution in [0, 0.1) is 11.8 Å². The molecule has 1 atom stereocenters. The molecule has 2 N–H and O–H groups in total. The molecule has 0 spiro atoms. The molecule has 0 fully saturated rings. The number of sulfone groups is 1. The van der Waals surface area contributed by atoms with E-state index in [4.69, 9.17) is 5.11 Å². The van der Waals surface area contributed by atoms with Gasteiger partial charge in [-0.1, -0.05) is 27.7 Å². The summed E-state index contributed by atoms with van der Waals surface area (Å²) < 4.78 is 23.7. The molecule has 0 saturated carbocycles. The van der Waals surface area contributed by atoms with Crippen LogP contribution in [0.2, 0.25) is 0 Å². The second-order valence-corrected chi connectivity index (χ2v) is 7.13. The van der Waals surface area contributed by atoms with Gasteiger partial charge in [0.15, 0.2) is 15.1 Å². The van der Waals surface area contributed by atoms with Crippen molar-refractivity contribution in [3.63, 3.8) is 0 Å². The first-order valence-corrected chi connectivity index (χ1v) is 7.50. The third-order valence-electron chi connectivity index (χ3n) is 2.28. The average Bonchev–Trinajstić information content (AvgIpc) is 2.11. The van der Waals surface area contributed by atoms with Crippen molar-refractivity contribution in [2.24, 2.45) is 11.8 Å². The van der Waals surface area contributed by atoms with Gasteiger partial charge < -0.3 is 10.4 Å². The second-order valence-electron chi connectivity index (χ2n) is 5.01. The van der Waals surface area contributed by atoms with Gasteiger partial charge >= 0.3 is 5.97 Å². The summed E-state index contributed by atoms with van der Waals surface area (Å²) in [7, 11) is -3.98. The number of carboxylic acids is 1. The van der Waals surface area contributed by atoms with Crippen molar-refractivity contribution in [3.8, 4) is 0 Å². The summed E-state index contributed by atoms with van der Waals surface area (Å²) in [5.41, 5.74) is 0. The van der Waals surface area contributed by atoms with Crippen molar-refractivity contribution in [2.75, 3.05) is 12.3 Å². The molecule has 0 radical (unpaired) electrons. The van der Waals surface area contributed by atoms with Crippen LogP contribution < -0.4 is 5.32 Å². The lowest BCUT2D eigenvalue weighted by Gasteiger charge is -2.16. The number of carboxylic acid groups (broad SMARTS) is 1. The SMILES string of the molecule is CC(C)CNC(=O)CS(=O)(=O)C(C(=O)O)C(C)C. The molecule has 0 aromatic heterocycles. The van der Waals surface area contributed by atoms with Gasteiger partial charge in [-0.05, 0) is 11.8 Å². The van der Waals surface area contributed by atoms with Crippen molar-refractivity contribution in [1.82, 2.24) is 5.32 Å². The molecule has 1 amide bonds. The highest BCUT2D eigenvalue weighted by molar-refractivity contribution is 7.93. The first-order chi connectivity index (χ1) is 8.08. The average molecular weight is 279 g/mol. The number of carbonyl (C=O) groups excluding carboxylic acids is 1. The third-order valence-corrected chi connectivity index (χ3v) is 4.46. The van der Waals surface area contributed by atoms with Gasteiger partial charge in [0.25, 0.3) is 0 Å². The number of nitrogens with one attached hydrogen (secondary N) is 1. The minimum absolute atomic E-state index is 0.206. The maximum Gasteiger partial charge on any atom is 0.322 e. The van der Waals surface area contributed by atoms with Crippen LogP contribution >= 0.6 is 0 Å². The Labute approximate surface area is 108 Å². The van der Waals surface area contributed by atoms with E-state index in [1.165, 1.54) is 13.8 Å². The number of hydrogen-bond donors (Lipinski definition) is 2. The van der Waals surface area contributed by atoms with Crippen LogP contribution in [0.25, 0.3) is 0 Å². The normalized spacial score (nSPS) is 13.7. The van der Waals surface area contributed by atoms with Gasteiger partial charge in [0.2, 0.25) is 5.91 Å². The van der Waals surface area contributed by atoms with E-state index in [2.05, 4.69) is 5.32 Å². The number of amides is 1. The molecule has 6 nitrogen and oxygen atoms in total. The maximum absolute atomic E-state index is 11.8. The standard InChI is InChI=1S/C11H21NO5S/c1-7(2)5-12-9(13)6-18(16,17)10(8(3)4)11(14)15/h7-8,10H,5-6H2,1-4H3,(H,12,13)(H,14,15). The second kappa shape index (κ2) is 6.72. The Hall–Kier alpha value is -1.11. The molecular weight excluding hydrogens is 258 g/mol. The Morgan fingerprint density at radius 3 is 2.00 bits per heavy atom. The molecule has 0 heterocycles. The fourth-order valence-electron chi connectivity index (χ4n) is 1.49. The Bertz CT molecular complexity index is 400. The summed E-state index contributed by atoms with van der Waals surface area (Å²) in [6, 6.07) is 0. The fraction of sp³-hybridized carbons (Fsp3) is 0.818. The summed E-state index contributed by atoms with van der Waals surface area (Å²) in [5, 5.41) is 9.82. The van der Waals surface area contributed by atoms with Gasteiger partial charge in [-0.2, -0.15) is 0 Å². The Balaban J connectivity index is 4.73. The van der Waals surface area contributed by atoms with E-state index in [0.29, 0.717) is 6.54 Å². The lowest BCUT2D eigenvalue weighted by molar-refractivity contribution is -0.137. The zero-order chi connectivity index (χ0) is 14.5. The molecule has 0 aromatic carbocycles. The lowest BCUT2D eigenvalue weighted by Crippen LogP contribution is -2.41. The smallest absolute Gasteiger partial charge is 0.322 e. The first kappa shape index (κ1) is 16.9. The quantitative estimate of drug-likeness (QED) is 0.697. The van der Waals surface area contributed by atoms with Crippen molar-refractivity contribution in [1.29, 1.82) is 0 Å². The van der Waals surface area contributed by atoms with Crippen molar-refractivity contribution < 1.29 is 23.1 Å². The third kappa shape index (κ3) is 5.48. The lowest BCUT2D eigenvalue weighted by atomic mass is 10.1. The van der Waals surface area contributed by atoms with E-state index < -0.39 is 38.6 Å². The summed E-state index contributed by atoms with van der Waals surface area (Å²) in [6.07, 6.45) is 0. The maximum atomic E-state index is 11.8. The Morgan fingerprint density at radius 1 is 1.17 bits per heavy atom. The molecule has 1 unspecified atom stereocenters. The molecule has 18 heavy (non-hydrogen) atoms. The molecule has 0 aliphatic heterocycles. The number of aliphatic carboxylic acids is 1. The minimum atomic E-state index is -3.98. The Kier molecular flexibility index (Phi) is 6.31. The molecule has 0 bridgehead atoms. The van der Waals surface area contributed by atoms with E-state index in [-0.39, 0.29) is 5.92 Å². The molecule has 0 aromatic rings. The summed E-state index contributed by atoms with van der Waals surface area (Å²) >= 11 is 0. The summed E-state index contributed by atoms with van der Waals surface area (Å²) in [6.45, 7) is 7.13. The molecular formula is C11H21NO5S. The summed E-state index contributed by atoms with van der Waals surface area (Å²) in [4.78, 5) is 22.4. The first-order valence-electron chi connectivity index (χ1n) is 5.79. The van der Waals surface area contributed by atoms with Crippen LogP contribution in [0.1, 0.15) is 27.7 Å². The predicted molar refractivity (Wildman–Crippen MR) is 67.9 cm³/mol. The zero-order valence-electron chi connectivity index (χ0n) is 11.1. The van der Waals surface area contributed by atoms with Crippen LogP contribution in [-0.4, -0.2) is 42.9 Å². The van der Waals surface area contributed by atoms with Gasteiger partial charge in [-0.3, -0.25) is 9.59 Å². The van der Waals surface area contributed by atoms with Crippen LogP contribution in [-0.2, 0) is 19.4 Å². The molecule has 0 saturated heterocycles. The molecule has 7 heteroatoms. The number of hydrogen-bond acceptors (Lipinski definition) is 4. The number of rotatable bonds is 7. The molecule has 106 valence electrons. The van der Waals surface area contributed by atoms with Gasteiger partial charge in [0.1, 0.15) is 5.75 Å². The predicted octanol–water partition coefficient (Wildman–Crippen LogP) is 0.283. The van der Waals surface area contributed by atoms with Crippen molar-refractivity contribution in [2.45, 2.75) is 32.9 Å². The van der Waals surface area contributed by atoms with E-state index in [1.807, 2.05) is 13.8 Å². The van der Waals surface area contributed by atoms with E-state index in [1.54, 1.807) is 0 Å². The monoisotopic (exact) mass is 279 g/mol. The highest BCUT2D eigenvalue weighted by Crippen LogP contribution is 2.13. The molecule has 0 rings (SSSR count). The highest BCUT2D eigenvalue weighted by Gasteiger charge is 2.36. The van der Waals surface area contributed by atoms with Gasteiger partial charge in [-0.25, -0.2) is 8.42 Å². The van der Waals surface area contributed by atoms with Gasteiger partial charge in [0, 0.05) is 6.54 Å². The number of carbonyl (C=O) groups is 2.